The van der Waals surface area contributed by atoms with Crippen LogP contribution in [0.3, 0.4) is 0 Å². The van der Waals surface area contributed by atoms with Crippen molar-refractivity contribution in [1.29, 1.82) is 0 Å². The first-order valence-electron chi connectivity index (χ1n) is 13.3. The summed E-state index contributed by atoms with van der Waals surface area (Å²) < 4.78 is 36.0. The number of ether oxygens (including phenoxy) is 1. The Balaban J connectivity index is 1.71. The zero-order valence-electron chi connectivity index (χ0n) is 22.4. The van der Waals surface area contributed by atoms with E-state index in [1.54, 1.807) is 25.2 Å². The second-order valence-electron chi connectivity index (χ2n) is 9.67. The van der Waals surface area contributed by atoms with Crippen molar-refractivity contribution >= 4 is 21.4 Å². The van der Waals surface area contributed by atoms with Crippen LogP contribution >= 0.6 is 0 Å². The number of fused-ring (bicyclic) bond motifs is 1. The van der Waals surface area contributed by atoms with Crippen LogP contribution in [0.5, 0.6) is 5.75 Å². The fourth-order valence-electron chi connectivity index (χ4n) is 5.27. The Morgan fingerprint density at radius 2 is 1.84 bits per heavy atom. The van der Waals surface area contributed by atoms with E-state index in [9.17, 15) is 18.3 Å². The number of hydrogen-bond acceptors (Lipinski definition) is 8. The van der Waals surface area contributed by atoms with E-state index >= 15 is 0 Å². The molecule has 208 valence electrons. The summed E-state index contributed by atoms with van der Waals surface area (Å²) in [6.45, 7) is 6.88. The van der Waals surface area contributed by atoms with Crippen molar-refractivity contribution in [3.63, 3.8) is 0 Å². The highest BCUT2D eigenvalue weighted by Crippen LogP contribution is 2.36. The van der Waals surface area contributed by atoms with Crippen molar-refractivity contribution in [2.24, 2.45) is 12.0 Å². The van der Waals surface area contributed by atoms with E-state index in [1.165, 1.54) is 8.87 Å². The Morgan fingerprint density at radius 1 is 1.11 bits per heavy atom. The standard InChI is InChI=1S/C27H38N4O6S/c1-4-7-20-24(18-33)29(3)27(34)22-17-23(28-26(20)22)21-16-19(8-9-25(21)37-5-2)38(35,36)31-13-11-30(12-14-31)10-6-15-32/h8-9,16,32-33H,4-7,10-15,17-18H2,1-3H3. The van der Waals surface area contributed by atoms with E-state index in [1.807, 2.05) is 13.8 Å². The molecule has 2 aliphatic rings. The second kappa shape index (κ2) is 12.1. The van der Waals surface area contributed by atoms with Gasteiger partial charge in [0.1, 0.15) is 5.75 Å². The third-order valence-electron chi connectivity index (χ3n) is 7.29. The molecule has 0 radical (unpaired) electrons. The lowest BCUT2D eigenvalue weighted by atomic mass is 10.00. The first-order chi connectivity index (χ1) is 18.3. The third-order valence-corrected chi connectivity index (χ3v) is 9.19. The molecule has 2 aliphatic heterocycles. The lowest BCUT2D eigenvalue weighted by molar-refractivity contribution is 0.171. The maximum Gasteiger partial charge on any atom is 0.256 e. The number of benzene rings is 1. The average molecular weight is 547 g/mol. The molecular formula is C27H38N4O6S. The molecule has 38 heavy (non-hydrogen) atoms. The molecule has 10 nitrogen and oxygen atoms in total. The Hall–Kier alpha value is -2.57. The number of piperazine rings is 1. The van der Waals surface area contributed by atoms with Gasteiger partial charge < -0.3 is 24.4 Å². The van der Waals surface area contributed by atoms with Gasteiger partial charge in [0, 0.05) is 69.5 Å². The molecule has 1 aromatic heterocycles. The van der Waals surface area contributed by atoms with Crippen molar-refractivity contribution in [2.75, 3.05) is 45.9 Å². The first-order valence-corrected chi connectivity index (χ1v) is 14.7. The Bertz CT molecular complexity index is 1360. The van der Waals surface area contributed by atoms with Crippen LogP contribution < -0.4 is 10.3 Å². The molecule has 0 aliphatic carbocycles. The van der Waals surface area contributed by atoms with E-state index in [4.69, 9.17) is 14.8 Å². The molecule has 1 fully saturated rings. The lowest BCUT2D eigenvalue weighted by Crippen LogP contribution is -2.48. The van der Waals surface area contributed by atoms with Gasteiger partial charge in [0.05, 0.1) is 35.2 Å². The van der Waals surface area contributed by atoms with Gasteiger partial charge in [-0.15, -0.1) is 0 Å². The van der Waals surface area contributed by atoms with Crippen LogP contribution in [0.15, 0.2) is 32.9 Å². The molecule has 3 heterocycles. The van der Waals surface area contributed by atoms with Crippen molar-refractivity contribution in [1.82, 2.24) is 13.8 Å². The molecule has 4 rings (SSSR count). The predicted octanol–water partition coefficient (Wildman–Crippen LogP) is 1.59. The molecule has 0 spiro atoms. The van der Waals surface area contributed by atoms with Crippen LogP contribution in [0.4, 0.5) is 5.69 Å². The van der Waals surface area contributed by atoms with Crippen molar-refractivity contribution in [2.45, 2.75) is 51.0 Å². The number of nitrogens with zero attached hydrogens (tertiary/aromatic N) is 4. The first kappa shape index (κ1) is 28.4. The van der Waals surface area contributed by atoms with Gasteiger partial charge in [0.2, 0.25) is 10.0 Å². The molecule has 1 saturated heterocycles. The van der Waals surface area contributed by atoms with E-state index in [-0.39, 0.29) is 30.1 Å². The summed E-state index contributed by atoms with van der Waals surface area (Å²) in [5.41, 5.74) is 3.48. The number of aliphatic hydroxyl groups is 2. The number of aliphatic imine (C=N–C) groups is 1. The van der Waals surface area contributed by atoms with Crippen molar-refractivity contribution < 1.29 is 23.4 Å². The molecule has 1 aromatic carbocycles. The molecule has 2 aromatic rings. The highest BCUT2D eigenvalue weighted by molar-refractivity contribution is 7.89. The maximum absolute atomic E-state index is 13.6. The normalized spacial score (nSPS) is 16.5. The quantitative estimate of drug-likeness (QED) is 0.439. The monoisotopic (exact) mass is 546 g/mol. The van der Waals surface area contributed by atoms with Crippen LogP contribution in [0, 0.1) is 0 Å². The van der Waals surface area contributed by atoms with Crippen LogP contribution in [0.25, 0.3) is 0 Å². The SMILES string of the molecule is CCCc1c2c(c(=O)n(C)c1CO)CC(c1cc(S(=O)(=O)N3CCN(CCCO)CC3)ccc1OCC)=N2. The summed E-state index contributed by atoms with van der Waals surface area (Å²) in [6, 6.07) is 4.84. The second-order valence-corrected chi connectivity index (χ2v) is 11.6. The van der Waals surface area contributed by atoms with Crippen LogP contribution in [0.1, 0.15) is 49.1 Å². The zero-order valence-corrected chi connectivity index (χ0v) is 23.3. The number of hydrogen-bond donors (Lipinski definition) is 2. The molecule has 2 N–H and O–H groups in total. The van der Waals surface area contributed by atoms with Gasteiger partial charge in [-0.2, -0.15) is 4.31 Å². The Morgan fingerprint density at radius 3 is 2.47 bits per heavy atom. The molecule has 0 unspecified atom stereocenters. The minimum absolute atomic E-state index is 0.120. The third kappa shape index (κ3) is 5.43. The van der Waals surface area contributed by atoms with Gasteiger partial charge in [-0.3, -0.25) is 9.79 Å². The largest absolute Gasteiger partial charge is 0.493 e. The van der Waals surface area contributed by atoms with Crippen molar-refractivity contribution in [3.05, 3.63) is 50.9 Å². The summed E-state index contributed by atoms with van der Waals surface area (Å²) >= 11 is 0. The Labute approximate surface area is 224 Å². The van der Waals surface area contributed by atoms with Gasteiger partial charge >= 0.3 is 0 Å². The molecule has 0 atom stereocenters. The fraction of sp³-hybridized carbons (Fsp3) is 0.556. The van der Waals surface area contributed by atoms with Gasteiger partial charge in [0.25, 0.3) is 5.56 Å². The summed E-state index contributed by atoms with van der Waals surface area (Å²) in [7, 11) is -2.09. The van der Waals surface area contributed by atoms with Gasteiger partial charge in [-0.1, -0.05) is 13.3 Å². The summed E-state index contributed by atoms with van der Waals surface area (Å²) in [5, 5.41) is 19.0. The number of rotatable bonds is 11. The van der Waals surface area contributed by atoms with Crippen LogP contribution in [0.2, 0.25) is 0 Å². The molecular weight excluding hydrogens is 508 g/mol. The Kier molecular flexibility index (Phi) is 9.04. The number of sulfonamides is 1. The molecule has 0 saturated carbocycles. The summed E-state index contributed by atoms with van der Waals surface area (Å²) in [5.74, 6) is 0.517. The van der Waals surface area contributed by atoms with Crippen LogP contribution in [-0.2, 0) is 36.5 Å². The number of pyridine rings is 1. The lowest BCUT2D eigenvalue weighted by Gasteiger charge is -2.34. The minimum atomic E-state index is -3.75. The highest BCUT2D eigenvalue weighted by atomic mass is 32.2. The number of aliphatic hydroxyl groups excluding tert-OH is 2. The minimum Gasteiger partial charge on any atom is -0.493 e. The zero-order chi connectivity index (χ0) is 27.4. The number of aromatic nitrogens is 1. The predicted molar refractivity (Wildman–Crippen MR) is 146 cm³/mol. The molecule has 0 amide bonds. The maximum atomic E-state index is 13.6. The average Bonchev–Trinajstić information content (AvgIpc) is 3.37. The van der Waals surface area contributed by atoms with Gasteiger partial charge in [-0.25, -0.2) is 8.42 Å². The highest BCUT2D eigenvalue weighted by Gasteiger charge is 2.31. The van der Waals surface area contributed by atoms with E-state index in [0.717, 1.165) is 18.5 Å². The van der Waals surface area contributed by atoms with Gasteiger partial charge in [0.15, 0.2) is 0 Å². The molecule has 0 bridgehead atoms. The van der Waals surface area contributed by atoms with Crippen LogP contribution in [-0.4, -0.2) is 84.1 Å². The van der Waals surface area contributed by atoms with E-state index in [0.29, 0.717) is 79.6 Å². The summed E-state index contributed by atoms with van der Waals surface area (Å²) in [6.07, 6.45) is 2.42. The van der Waals surface area contributed by atoms with E-state index < -0.39 is 10.0 Å². The van der Waals surface area contributed by atoms with Gasteiger partial charge in [-0.05, 0) is 38.0 Å². The topological polar surface area (TPSA) is 125 Å². The van der Waals surface area contributed by atoms with E-state index in [2.05, 4.69) is 4.90 Å². The smallest absolute Gasteiger partial charge is 0.256 e. The summed E-state index contributed by atoms with van der Waals surface area (Å²) in [4.78, 5) is 20.3. The van der Waals surface area contributed by atoms with Crippen molar-refractivity contribution in [3.8, 4) is 5.75 Å². The molecule has 11 heteroatoms. The fourth-order valence-corrected chi connectivity index (χ4v) is 6.72.